The van der Waals surface area contributed by atoms with Crippen LogP contribution in [0.1, 0.15) is 51.2 Å². The summed E-state index contributed by atoms with van der Waals surface area (Å²) < 4.78 is 11.4. The van der Waals surface area contributed by atoms with Crippen LogP contribution in [0, 0.1) is 5.92 Å². The Kier molecular flexibility index (Phi) is 6.61. The van der Waals surface area contributed by atoms with Gasteiger partial charge >= 0.3 is 0 Å². The van der Waals surface area contributed by atoms with Crippen molar-refractivity contribution in [2.24, 2.45) is 5.92 Å². The minimum absolute atomic E-state index is 0.298. The van der Waals surface area contributed by atoms with E-state index in [2.05, 4.69) is 18.3 Å². The summed E-state index contributed by atoms with van der Waals surface area (Å²) in [6.45, 7) is 3.25. The Morgan fingerprint density at radius 1 is 1.35 bits per heavy atom. The maximum absolute atomic E-state index is 5.89. The van der Waals surface area contributed by atoms with E-state index in [1.54, 1.807) is 6.26 Å². The largest absolute Gasteiger partial charge is 0.469 e. The molecule has 1 aromatic heterocycles. The Balaban J connectivity index is 2.01. The first-order valence-corrected chi connectivity index (χ1v) is 8.13. The van der Waals surface area contributed by atoms with Gasteiger partial charge in [-0.05, 0) is 43.9 Å². The van der Waals surface area contributed by atoms with Gasteiger partial charge in [0.2, 0.25) is 0 Å². The molecule has 1 saturated carbocycles. The molecular weight excluding hydrogens is 250 g/mol. The van der Waals surface area contributed by atoms with E-state index >= 15 is 0 Å². The number of furan rings is 1. The SMILES string of the molecule is CCCNC(Cc1ccco1)C(OC)C1CCCCC1. The van der Waals surface area contributed by atoms with Crippen LogP contribution >= 0.6 is 0 Å². The van der Waals surface area contributed by atoms with E-state index in [1.807, 2.05) is 13.2 Å². The third kappa shape index (κ3) is 4.35. The topological polar surface area (TPSA) is 34.4 Å². The van der Waals surface area contributed by atoms with Crippen LogP contribution in [-0.2, 0) is 11.2 Å². The zero-order chi connectivity index (χ0) is 14.2. The summed E-state index contributed by atoms with van der Waals surface area (Å²) >= 11 is 0. The number of nitrogens with one attached hydrogen (secondary N) is 1. The number of hydrogen-bond donors (Lipinski definition) is 1. The van der Waals surface area contributed by atoms with Gasteiger partial charge < -0.3 is 14.5 Å². The van der Waals surface area contributed by atoms with Gasteiger partial charge in [-0.1, -0.05) is 26.2 Å². The smallest absolute Gasteiger partial charge is 0.105 e. The highest BCUT2D eigenvalue weighted by Crippen LogP contribution is 2.30. The quantitative estimate of drug-likeness (QED) is 0.786. The molecule has 1 fully saturated rings. The summed E-state index contributed by atoms with van der Waals surface area (Å²) in [5.74, 6) is 1.74. The molecule has 114 valence electrons. The Morgan fingerprint density at radius 3 is 2.75 bits per heavy atom. The van der Waals surface area contributed by atoms with Crippen molar-refractivity contribution in [3.8, 4) is 0 Å². The number of hydrogen-bond acceptors (Lipinski definition) is 3. The normalized spacial score (nSPS) is 19.9. The van der Waals surface area contributed by atoms with Crippen LogP contribution in [0.4, 0.5) is 0 Å². The van der Waals surface area contributed by atoms with Crippen LogP contribution in [0.15, 0.2) is 22.8 Å². The summed E-state index contributed by atoms with van der Waals surface area (Å²) in [6.07, 6.45) is 10.8. The molecule has 0 saturated heterocycles. The lowest BCUT2D eigenvalue weighted by Gasteiger charge is -2.35. The van der Waals surface area contributed by atoms with Crippen molar-refractivity contribution < 1.29 is 9.15 Å². The highest BCUT2D eigenvalue weighted by molar-refractivity contribution is 5.02. The van der Waals surface area contributed by atoms with Crippen LogP contribution < -0.4 is 5.32 Å². The fourth-order valence-electron chi connectivity index (χ4n) is 3.43. The van der Waals surface area contributed by atoms with Gasteiger partial charge in [-0.15, -0.1) is 0 Å². The molecule has 3 nitrogen and oxygen atoms in total. The maximum Gasteiger partial charge on any atom is 0.105 e. The average molecular weight is 279 g/mol. The zero-order valence-corrected chi connectivity index (χ0v) is 12.9. The summed E-state index contributed by atoms with van der Waals surface area (Å²) in [6, 6.07) is 4.39. The zero-order valence-electron chi connectivity index (χ0n) is 12.9. The highest BCUT2D eigenvalue weighted by atomic mass is 16.5. The minimum atomic E-state index is 0.298. The molecule has 0 aliphatic heterocycles. The van der Waals surface area contributed by atoms with E-state index in [4.69, 9.17) is 9.15 Å². The molecule has 0 aromatic carbocycles. The summed E-state index contributed by atoms with van der Waals surface area (Å²) in [4.78, 5) is 0. The lowest BCUT2D eigenvalue weighted by molar-refractivity contribution is 0.00720. The fourth-order valence-corrected chi connectivity index (χ4v) is 3.43. The first-order chi connectivity index (χ1) is 9.85. The molecule has 0 spiro atoms. The van der Waals surface area contributed by atoms with E-state index in [0.717, 1.165) is 25.1 Å². The molecule has 1 aromatic rings. The minimum Gasteiger partial charge on any atom is -0.469 e. The van der Waals surface area contributed by atoms with Gasteiger partial charge in [0.15, 0.2) is 0 Å². The third-order valence-corrected chi connectivity index (χ3v) is 4.44. The molecule has 2 unspecified atom stereocenters. The molecule has 1 heterocycles. The molecule has 1 aliphatic rings. The van der Waals surface area contributed by atoms with Crippen LogP contribution in [0.25, 0.3) is 0 Å². The van der Waals surface area contributed by atoms with Crippen molar-refractivity contribution >= 4 is 0 Å². The fraction of sp³-hybridized carbons (Fsp3) is 0.765. The van der Waals surface area contributed by atoms with Gasteiger partial charge in [-0.3, -0.25) is 0 Å². The Bertz CT molecular complexity index is 344. The molecule has 1 N–H and O–H groups in total. The van der Waals surface area contributed by atoms with Crippen LogP contribution in [0.3, 0.4) is 0 Å². The predicted octanol–water partition coefficient (Wildman–Crippen LogP) is 3.79. The molecule has 1 aliphatic carbocycles. The van der Waals surface area contributed by atoms with Gasteiger partial charge in [0.25, 0.3) is 0 Å². The molecule has 2 rings (SSSR count). The maximum atomic E-state index is 5.89. The van der Waals surface area contributed by atoms with Gasteiger partial charge in [-0.25, -0.2) is 0 Å². The second kappa shape index (κ2) is 8.48. The second-order valence-electron chi connectivity index (χ2n) is 5.94. The van der Waals surface area contributed by atoms with Crippen molar-refractivity contribution in [3.63, 3.8) is 0 Å². The van der Waals surface area contributed by atoms with E-state index in [1.165, 1.54) is 32.1 Å². The van der Waals surface area contributed by atoms with Crippen molar-refractivity contribution in [1.82, 2.24) is 5.32 Å². The Hall–Kier alpha value is -0.800. The van der Waals surface area contributed by atoms with Crippen molar-refractivity contribution in [2.75, 3.05) is 13.7 Å². The van der Waals surface area contributed by atoms with Crippen molar-refractivity contribution in [3.05, 3.63) is 24.2 Å². The molecule has 3 heteroatoms. The number of rotatable bonds is 8. The first kappa shape index (κ1) is 15.6. The second-order valence-corrected chi connectivity index (χ2v) is 5.94. The lowest BCUT2D eigenvalue weighted by atomic mass is 9.81. The van der Waals surface area contributed by atoms with Crippen molar-refractivity contribution in [2.45, 2.75) is 64.0 Å². The van der Waals surface area contributed by atoms with E-state index < -0.39 is 0 Å². The van der Waals surface area contributed by atoms with Crippen LogP contribution in [0.5, 0.6) is 0 Å². The van der Waals surface area contributed by atoms with Gasteiger partial charge in [0.1, 0.15) is 5.76 Å². The van der Waals surface area contributed by atoms with Gasteiger partial charge in [-0.2, -0.15) is 0 Å². The molecule has 0 amide bonds. The molecular formula is C17H29NO2. The van der Waals surface area contributed by atoms with Gasteiger partial charge in [0, 0.05) is 19.6 Å². The van der Waals surface area contributed by atoms with E-state index in [-0.39, 0.29) is 0 Å². The van der Waals surface area contributed by atoms with Crippen molar-refractivity contribution in [1.29, 1.82) is 0 Å². The van der Waals surface area contributed by atoms with E-state index in [9.17, 15) is 0 Å². The Labute approximate surface area is 123 Å². The summed E-state index contributed by atoms with van der Waals surface area (Å²) in [7, 11) is 1.86. The van der Waals surface area contributed by atoms with Crippen LogP contribution in [-0.4, -0.2) is 25.8 Å². The van der Waals surface area contributed by atoms with Gasteiger partial charge in [0.05, 0.1) is 12.4 Å². The summed E-state index contributed by atoms with van der Waals surface area (Å²) in [5, 5.41) is 3.67. The van der Waals surface area contributed by atoms with Crippen LogP contribution in [0.2, 0.25) is 0 Å². The number of methoxy groups -OCH3 is 1. The molecule has 0 radical (unpaired) electrons. The molecule has 2 atom stereocenters. The monoisotopic (exact) mass is 279 g/mol. The predicted molar refractivity (Wildman–Crippen MR) is 81.9 cm³/mol. The Morgan fingerprint density at radius 2 is 2.15 bits per heavy atom. The third-order valence-electron chi connectivity index (χ3n) is 4.44. The molecule has 0 bridgehead atoms. The lowest BCUT2D eigenvalue weighted by Crippen LogP contribution is -2.47. The molecule has 20 heavy (non-hydrogen) atoms. The van der Waals surface area contributed by atoms with E-state index in [0.29, 0.717) is 18.1 Å². The highest BCUT2D eigenvalue weighted by Gasteiger charge is 2.30. The summed E-state index contributed by atoms with van der Waals surface area (Å²) in [5.41, 5.74) is 0. The average Bonchev–Trinajstić information content (AvgIpc) is 2.99. The standard InChI is InChI=1S/C17H29NO2/c1-3-11-18-16(13-15-10-7-12-20-15)17(19-2)14-8-5-4-6-9-14/h7,10,12,14,16-18H,3-6,8-9,11,13H2,1-2H3. The first-order valence-electron chi connectivity index (χ1n) is 8.13. The number of ether oxygens (including phenoxy) is 1.